The molecule has 1 aromatic carbocycles. The highest BCUT2D eigenvalue weighted by molar-refractivity contribution is 9.10. The number of nitrogens with zero attached hydrogens (tertiary/aromatic N) is 2. The van der Waals surface area contributed by atoms with Crippen molar-refractivity contribution in [3.05, 3.63) is 51.7 Å². The molecule has 4 nitrogen and oxygen atoms in total. The van der Waals surface area contributed by atoms with Gasteiger partial charge in [-0.15, -0.1) is 0 Å². The molecule has 6 heteroatoms. The van der Waals surface area contributed by atoms with Gasteiger partial charge in [0.05, 0.1) is 17.6 Å². The van der Waals surface area contributed by atoms with Gasteiger partial charge in [0.1, 0.15) is 0 Å². The predicted octanol–water partition coefficient (Wildman–Crippen LogP) is 4.24. The molecule has 0 saturated heterocycles. The summed E-state index contributed by atoms with van der Waals surface area (Å²) in [6.45, 7) is 0. The quantitative estimate of drug-likeness (QED) is 0.721. The molecular weight excluding hydrogens is 374 g/mol. The molecule has 2 heterocycles. The molecule has 0 amide bonds. The molecule has 0 spiro atoms. The van der Waals surface area contributed by atoms with Crippen molar-refractivity contribution in [1.29, 1.82) is 0 Å². The molecule has 0 radical (unpaired) electrons. The minimum Gasteiger partial charge on any atom is -0.448 e. The van der Waals surface area contributed by atoms with Gasteiger partial charge in [-0.25, -0.2) is 4.68 Å². The van der Waals surface area contributed by atoms with Crippen molar-refractivity contribution in [2.24, 2.45) is 0 Å². The largest absolute Gasteiger partial charge is 0.448 e. The molecule has 0 unspecified atom stereocenters. The number of rotatable bonds is 2. The molecule has 0 fully saturated rings. The molecule has 0 aliphatic heterocycles. The summed E-state index contributed by atoms with van der Waals surface area (Å²) < 4.78 is 8.87. The summed E-state index contributed by atoms with van der Waals surface area (Å²) in [4.78, 5) is 0. The fraction of sp³-hybridized carbons (Fsp3) is 0. The van der Waals surface area contributed by atoms with E-state index < -0.39 is 0 Å². The van der Waals surface area contributed by atoms with E-state index >= 15 is 0 Å². The molecule has 3 aromatic rings. The highest BCUT2D eigenvalue weighted by Gasteiger charge is 2.13. The summed E-state index contributed by atoms with van der Waals surface area (Å²) in [6.07, 6.45) is 1.77. The van der Waals surface area contributed by atoms with Crippen molar-refractivity contribution >= 4 is 37.5 Å². The highest BCUT2D eigenvalue weighted by Crippen LogP contribution is 2.29. The molecule has 0 aliphatic carbocycles. The van der Waals surface area contributed by atoms with Crippen LogP contribution in [-0.4, -0.2) is 9.78 Å². The Hall–Kier alpha value is -1.53. The van der Waals surface area contributed by atoms with Gasteiger partial charge in [-0.05, 0) is 52.3 Å². The lowest BCUT2D eigenvalue weighted by atomic mass is 10.3. The van der Waals surface area contributed by atoms with Gasteiger partial charge in [-0.1, -0.05) is 15.9 Å². The lowest BCUT2D eigenvalue weighted by Gasteiger charge is -2.00. The number of furan rings is 1. The van der Waals surface area contributed by atoms with Crippen molar-refractivity contribution in [1.82, 2.24) is 9.78 Å². The molecule has 19 heavy (non-hydrogen) atoms. The Bertz CT molecular complexity index is 716. The van der Waals surface area contributed by atoms with Gasteiger partial charge >= 0.3 is 0 Å². The molecule has 0 bridgehead atoms. The second kappa shape index (κ2) is 4.86. The first kappa shape index (κ1) is 12.5. The van der Waals surface area contributed by atoms with Crippen LogP contribution in [0.4, 0.5) is 5.69 Å². The Morgan fingerprint density at radius 3 is 2.42 bits per heavy atom. The average molecular weight is 383 g/mol. The molecular formula is C13H9Br2N3O. The predicted molar refractivity (Wildman–Crippen MR) is 81.1 cm³/mol. The van der Waals surface area contributed by atoms with Crippen molar-refractivity contribution < 1.29 is 4.42 Å². The third-order valence-electron chi connectivity index (χ3n) is 2.64. The van der Waals surface area contributed by atoms with Crippen LogP contribution in [-0.2, 0) is 0 Å². The first-order valence-corrected chi connectivity index (χ1v) is 7.09. The Labute approximate surface area is 126 Å². The smallest absolute Gasteiger partial charge is 0.169 e. The second-order valence-electron chi connectivity index (χ2n) is 3.96. The topological polar surface area (TPSA) is 57.0 Å². The average Bonchev–Trinajstić information content (AvgIpc) is 2.96. The highest BCUT2D eigenvalue weighted by atomic mass is 79.9. The SMILES string of the molecule is Nc1cn(-c2ccc(Br)cc2)nc1-c1ccc(Br)o1. The number of hydrogen-bond donors (Lipinski definition) is 1. The summed E-state index contributed by atoms with van der Waals surface area (Å²) in [6, 6.07) is 11.5. The lowest BCUT2D eigenvalue weighted by molar-refractivity contribution is 0.553. The third kappa shape index (κ3) is 2.46. The third-order valence-corrected chi connectivity index (χ3v) is 3.60. The zero-order valence-electron chi connectivity index (χ0n) is 9.68. The number of hydrogen-bond acceptors (Lipinski definition) is 3. The molecule has 0 aliphatic rings. The number of anilines is 1. The number of aromatic nitrogens is 2. The van der Waals surface area contributed by atoms with Crippen molar-refractivity contribution in [2.45, 2.75) is 0 Å². The number of nitrogens with two attached hydrogens (primary N) is 1. The van der Waals surface area contributed by atoms with Crippen LogP contribution < -0.4 is 5.73 Å². The van der Waals surface area contributed by atoms with E-state index in [1.54, 1.807) is 10.9 Å². The lowest BCUT2D eigenvalue weighted by Crippen LogP contribution is -1.94. The van der Waals surface area contributed by atoms with Crippen LogP contribution in [0.1, 0.15) is 0 Å². The Morgan fingerprint density at radius 1 is 1.05 bits per heavy atom. The maximum absolute atomic E-state index is 5.98. The van der Waals surface area contributed by atoms with Gasteiger partial charge in [0.25, 0.3) is 0 Å². The number of nitrogen functional groups attached to an aromatic ring is 1. The van der Waals surface area contributed by atoms with E-state index in [1.165, 1.54) is 0 Å². The van der Waals surface area contributed by atoms with E-state index in [0.717, 1.165) is 10.2 Å². The first-order chi connectivity index (χ1) is 9.13. The molecule has 0 atom stereocenters. The van der Waals surface area contributed by atoms with Crippen LogP contribution in [0.25, 0.3) is 17.1 Å². The monoisotopic (exact) mass is 381 g/mol. The van der Waals surface area contributed by atoms with E-state index in [9.17, 15) is 0 Å². The van der Waals surface area contributed by atoms with E-state index in [1.807, 2.05) is 36.4 Å². The standard InChI is InChI=1S/C13H9Br2N3O/c14-8-1-3-9(4-2-8)18-7-10(16)13(17-18)11-5-6-12(15)19-11/h1-7H,16H2. The van der Waals surface area contributed by atoms with Crippen molar-refractivity contribution in [3.63, 3.8) is 0 Å². The Balaban J connectivity index is 2.04. The van der Waals surface area contributed by atoms with Gasteiger partial charge in [0.15, 0.2) is 16.1 Å². The molecule has 3 rings (SSSR count). The van der Waals surface area contributed by atoms with E-state index in [-0.39, 0.29) is 0 Å². The molecule has 96 valence electrons. The molecule has 2 N–H and O–H groups in total. The summed E-state index contributed by atoms with van der Waals surface area (Å²) in [7, 11) is 0. The van der Waals surface area contributed by atoms with Crippen LogP contribution in [0.5, 0.6) is 0 Å². The number of benzene rings is 1. The summed E-state index contributed by atoms with van der Waals surface area (Å²) in [5.41, 5.74) is 8.13. The fourth-order valence-electron chi connectivity index (χ4n) is 1.75. The Morgan fingerprint density at radius 2 is 1.79 bits per heavy atom. The van der Waals surface area contributed by atoms with Gasteiger partial charge in [0.2, 0.25) is 0 Å². The zero-order valence-corrected chi connectivity index (χ0v) is 12.8. The summed E-state index contributed by atoms with van der Waals surface area (Å²) >= 11 is 6.67. The van der Waals surface area contributed by atoms with Gasteiger partial charge in [0, 0.05) is 4.47 Å². The maximum atomic E-state index is 5.98. The Kier molecular flexibility index (Phi) is 3.20. The minimum atomic E-state index is 0.574. The van der Waals surface area contributed by atoms with Crippen LogP contribution in [0.2, 0.25) is 0 Å². The van der Waals surface area contributed by atoms with Crippen molar-refractivity contribution in [2.75, 3.05) is 5.73 Å². The molecule has 2 aromatic heterocycles. The fourth-order valence-corrected chi connectivity index (χ4v) is 2.32. The van der Waals surface area contributed by atoms with Crippen molar-refractivity contribution in [3.8, 4) is 17.1 Å². The van der Waals surface area contributed by atoms with Crippen LogP contribution in [0.15, 0.2) is 56.2 Å². The van der Waals surface area contributed by atoms with E-state index in [0.29, 0.717) is 21.8 Å². The van der Waals surface area contributed by atoms with E-state index in [2.05, 4.69) is 37.0 Å². The van der Waals surface area contributed by atoms with E-state index in [4.69, 9.17) is 10.2 Å². The normalized spacial score (nSPS) is 10.8. The van der Waals surface area contributed by atoms with Gasteiger partial charge < -0.3 is 10.2 Å². The van der Waals surface area contributed by atoms with Gasteiger partial charge in [-0.3, -0.25) is 0 Å². The maximum Gasteiger partial charge on any atom is 0.169 e. The summed E-state index contributed by atoms with van der Waals surface area (Å²) in [5, 5.41) is 4.46. The van der Waals surface area contributed by atoms with Crippen LogP contribution >= 0.6 is 31.9 Å². The second-order valence-corrected chi connectivity index (χ2v) is 5.66. The zero-order chi connectivity index (χ0) is 13.4. The van der Waals surface area contributed by atoms with Crippen LogP contribution in [0.3, 0.4) is 0 Å². The molecule has 0 saturated carbocycles. The minimum absolute atomic E-state index is 0.574. The summed E-state index contributed by atoms with van der Waals surface area (Å²) in [5.74, 6) is 0.639. The number of halogens is 2. The van der Waals surface area contributed by atoms with Gasteiger partial charge in [-0.2, -0.15) is 5.10 Å². The first-order valence-electron chi connectivity index (χ1n) is 5.50. The van der Waals surface area contributed by atoms with Crippen LogP contribution in [0, 0.1) is 0 Å².